The Morgan fingerprint density at radius 3 is 1.20 bits per heavy atom. The molecule has 9 nitrogen and oxygen atoms in total. The number of carbonyl (C=O) groups excluding carboxylic acids is 2. The van der Waals surface area contributed by atoms with Crippen LogP contribution in [0.2, 0.25) is 0 Å². The number of ether oxygens (including phenoxy) is 2. The van der Waals surface area contributed by atoms with E-state index in [0.29, 0.717) is 17.4 Å². The maximum atomic E-state index is 12.7. The summed E-state index contributed by atoms with van der Waals surface area (Å²) in [6.45, 7) is 4.18. The van der Waals surface area contributed by atoms with E-state index in [1.807, 2.05) is 21.1 Å². The Morgan fingerprint density at radius 2 is 0.800 bits per heavy atom. The lowest BCUT2D eigenvalue weighted by molar-refractivity contribution is -0.870. The van der Waals surface area contributed by atoms with Crippen molar-refractivity contribution < 1.29 is 42.1 Å². The zero-order valence-electron chi connectivity index (χ0n) is 46.7. The monoisotopic (exact) mass is 1010 g/mol. The molecule has 0 aromatic rings. The first-order valence-electron chi connectivity index (χ1n) is 29.7. The van der Waals surface area contributed by atoms with Gasteiger partial charge in [-0.25, -0.2) is 0 Å². The lowest BCUT2D eigenvalue weighted by Crippen LogP contribution is -2.37. The number of quaternary nitrogens is 1. The van der Waals surface area contributed by atoms with Gasteiger partial charge in [0.2, 0.25) is 0 Å². The van der Waals surface area contributed by atoms with Gasteiger partial charge < -0.3 is 27.9 Å². The molecular weight excluding hydrogens is 894 g/mol. The molecular formula is C60H114NO8P. The predicted molar refractivity (Wildman–Crippen MR) is 296 cm³/mol. The molecule has 0 rings (SSSR count). The van der Waals surface area contributed by atoms with Crippen molar-refractivity contribution in [3.05, 3.63) is 36.5 Å². The molecule has 0 aromatic carbocycles. The van der Waals surface area contributed by atoms with Gasteiger partial charge in [0.15, 0.2) is 6.10 Å². The maximum absolute atomic E-state index is 12.7. The van der Waals surface area contributed by atoms with Gasteiger partial charge >= 0.3 is 11.9 Å². The second-order valence-corrected chi connectivity index (χ2v) is 22.8. The lowest BCUT2D eigenvalue weighted by Gasteiger charge is -2.28. The van der Waals surface area contributed by atoms with Gasteiger partial charge in [0.25, 0.3) is 7.82 Å². The highest BCUT2D eigenvalue weighted by Gasteiger charge is 2.22. The number of allylic oxidation sites excluding steroid dienone is 6. The minimum atomic E-state index is -4.63. The predicted octanol–water partition coefficient (Wildman–Crippen LogP) is 17.7. The molecule has 2 unspecified atom stereocenters. The Hall–Kier alpha value is -1.77. The summed E-state index contributed by atoms with van der Waals surface area (Å²) in [5, 5.41) is 0. The van der Waals surface area contributed by atoms with E-state index in [1.165, 1.54) is 186 Å². The zero-order valence-corrected chi connectivity index (χ0v) is 47.6. The summed E-state index contributed by atoms with van der Waals surface area (Å²) in [5.41, 5.74) is 0. The van der Waals surface area contributed by atoms with Crippen LogP contribution >= 0.6 is 7.82 Å². The highest BCUT2D eigenvalue weighted by atomic mass is 31.2. The van der Waals surface area contributed by atoms with E-state index in [2.05, 4.69) is 50.3 Å². The number of rotatable bonds is 55. The van der Waals surface area contributed by atoms with Crippen LogP contribution in [0.1, 0.15) is 284 Å². The van der Waals surface area contributed by atoms with Crippen molar-refractivity contribution in [1.29, 1.82) is 0 Å². The SMILES string of the molecule is CCC/C=C\C/C=C\CCCCCCCC(=O)OC(COC(=O)CCCCCCCCCCCCCCCCCCCCCCC/C=C\CCCCCCCCCC)COP(=O)([O-])OCC[N+](C)(C)C. The standard InChI is InChI=1S/C60H114NO8P/c1-6-8-10-12-14-16-18-20-21-22-23-24-25-26-27-28-29-30-31-32-33-34-35-36-37-38-39-41-42-44-46-48-50-52-59(62)66-56-58(57-68-70(64,65)67-55-54-61(3,4)5)69-60(63)53-51-49-47-45-43-40-19-17-15-13-11-9-7-2/h11,13,17,19,22-23,58H,6-10,12,14-16,18,20-21,24-57H2,1-5H3/b13-11-,19-17-,23-22-. The van der Waals surface area contributed by atoms with Crippen molar-refractivity contribution in [1.82, 2.24) is 0 Å². The quantitative estimate of drug-likeness (QED) is 0.0195. The van der Waals surface area contributed by atoms with Crippen molar-refractivity contribution in [3.8, 4) is 0 Å². The van der Waals surface area contributed by atoms with Gasteiger partial charge in [0.05, 0.1) is 27.7 Å². The Kier molecular flexibility index (Phi) is 50.8. The molecule has 0 aliphatic carbocycles. The number of carbonyl (C=O) groups is 2. The molecule has 0 radical (unpaired) electrons. The van der Waals surface area contributed by atoms with E-state index >= 15 is 0 Å². The molecule has 0 aromatic heterocycles. The minimum Gasteiger partial charge on any atom is -0.756 e. The van der Waals surface area contributed by atoms with Gasteiger partial charge in [-0.2, -0.15) is 0 Å². The average molecular weight is 1010 g/mol. The summed E-state index contributed by atoms with van der Waals surface area (Å²) in [5.74, 6) is -0.840. The second-order valence-electron chi connectivity index (χ2n) is 21.4. The molecule has 0 aliphatic heterocycles. The Labute approximate surface area is 433 Å². The fourth-order valence-corrected chi connectivity index (χ4v) is 9.24. The smallest absolute Gasteiger partial charge is 0.306 e. The summed E-state index contributed by atoms with van der Waals surface area (Å²) >= 11 is 0. The van der Waals surface area contributed by atoms with Crippen molar-refractivity contribution in [2.45, 2.75) is 290 Å². The molecule has 0 aliphatic rings. The number of hydrogen-bond acceptors (Lipinski definition) is 8. The van der Waals surface area contributed by atoms with Crippen LogP contribution in [-0.2, 0) is 32.7 Å². The third-order valence-corrected chi connectivity index (χ3v) is 14.1. The Balaban J connectivity index is 3.94. The number of nitrogens with zero attached hydrogens (tertiary/aromatic N) is 1. The fraction of sp³-hybridized carbons (Fsp3) is 0.867. The Morgan fingerprint density at radius 1 is 0.443 bits per heavy atom. The van der Waals surface area contributed by atoms with Crippen LogP contribution in [0.25, 0.3) is 0 Å². The average Bonchev–Trinajstić information content (AvgIpc) is 3.32. The maximum Gasteiger partial charge on any atom is 0.306 e. The highest BCUT2D eigenvalue weighted by molar-refractivity contribution is 7.45. The van der Waals surface area contributed by atoms with Crippen molar-refractivity contribution in [2.24, 2.45) is 0 Å². The third kappa shape index (κ3) is 55.5. The van der Waals surface area contributed by atoms with E-state index < -0.39 is 26.5 Å². The first-order valence-corrected chi connectivity index (χ1v) is 31.2. The summed E-state index contributed by atoms with van der Waals surface area (Å²) in [6, 6.07) is 0. The molecule has 2 atom stereocenters. The summed E-state index contributed by atoms with van der Waals surface area (Å²) < 4.78 is 34.1. The van der Waals surface area contributed by atoms with Gasteiger partial charge in [0, 0.05) is 12.8 Å². The van der Waals surface area contributed by atoms with Gasteiger partial charge in [-0.3, -0.25) is 14.2 Å². The molecule has 0 saturated carbocycles. The zero-order chi connectivity index (χ0) is 51.3. The molecule has 0 bridgehead atoms. The van der Waals surface area contributed by atoms with Gasteiger partial charge in [-0.15, -0.1) is 0 Å². The number of phosphoric acid groups is 1. The van der Waals surface area contributed by atoms with Crippen LogP contribution < -0.4 is 4.89 Å². The van der Waals surface area contributed by atoms with Crippen molar-refractivity contribution >= 4 is 19.8 Å². The van der Waals surface area contributed by atoms with Crippen LogP contribution in [0, 0.1) is 0 Å². The molecule has 0 saturated heterocycles. The summed E-state index contributed by atoms with van der Waals surface area (Å²) in [4.78, 5) is 37.7. The normalized spacial score (nSPS) is 13.5. The molecule has 70 heavy (non-hydrogen) atoms. The molecule has 10 heteroatoms. The summed E-state index contributed by atoms with van der Waals surface area (Å²) in [7, 11) is 1.16. The molecule has 0 fully saturated rings. The second kappa shape index (κ2) is 52.1. The number of likely N-dealkylation sites (N-methyl/N-ethyl adjacent to an activating group) is 1. The van der Waals surface area contributed by atoms with E-state index in [-0.39, 0.29) is 32.0 Å². The Bertz CT molecular complexity index is 1280. The van der Waals surface area contributed by atoms with E-state index in [4.69, 9.17) is 18.5 Å². The van der Waals surface area contributed by atoms with Crippen LogP contribution in [0.4, 0.5) is 0 Å². The van der Waals surface area contributed by atoms with E-state index in [1.54, 1.807) is 0 Å². The van der Waals surface area contributed by atoms with Crippen LogP contribution in [0.5, 0.6) is 0 Å². The van der Waals surface area contributed by atoms with Crippen LogP contribution in [-0.4, -0.2) is 70.0 Å². The molecule has 0 spiro atoms. The van der Waals surface area contributed by atoms with Crippen molar-refractivity contribution in [3.63, 3.8) is 0 Å². The largest absolute Gasteiger partial charge is 0.756 e. The fourth-order valence-electron chi connectivity index (χ4n) is 8.51. The topological polar surface area (TPSA) is 111 Å². The van der Waals surface area contributed by atoms with Crippen LogP contribution in [0.15, 0.2) is 36.5 Å². The number of phosphoric ester groups is 1. The van der Waals surface area contributed by atoms with Gasteiger partial charge in [-0.05, 0) is 64.2 Å². The first kappa shape index (κ1) is 68.2. The summed E-state index contributed by atoms with van der Waals surface area (Å²) in [6.07, 6.45) is 63.7. The lowest BCUT2D eigenvalue weighted by atomic mass is 10.0. The van der Waals surface area contributed by atoms with Crippen LogP contribution in [0.3, 0.4) is 0 Å². The number of hydrogen-bond donors (Lipinski definition) is 0. The van der Waals surface area contributed by atoms with Crippen molar-refractivity contribution in [2.75, 3.05) is 47.5 Å². The molecule has 412 valence electrons. The molecule has 0 N–H and O–H groups in total. The minimum absolute atomic E-state index is 0.0325. The number of esters is 2. The molecule has 0 heterocycles. The third-order valence-electron chi connectivity index (χ3n) is 13.1. The number of unbranched alkanes of at least 4 members (excludes halogenated alkanes) is 35. The van der Waals surface area contributed by atoms with Gasteiger partial charge in [-0.1, -0.05) is 243 Å². The highest BCUT2D eigenvalue weighted by Crippen LogP contribution is 2.38. The van der Waals surface area contributed by atoms with E-state index in [9.17, 15) is 19.0 Å². The van der Waals surface area contributed by atoms with E-state index in [0.717, 1.165) is 64.2 Å². The van der Waals surface area contributed by atoms with Gasteiger partial charge in [0.1, 0.15) is 19.8 Å². The molecule has 0 amide bonds. The first-order chi connectivity index (χ1) is 34.0.